The third kappa shape index (κ3) is 4.73. The van der Waals surface area contributed by atoms with Gasteiger partial charge in [-0.2, -0.15) is 0 Å². The van der Waals surface area contributed by atoms with Crippen LogP contribution in [0.15, 0.2) is 212 Å². The number of nitrogens with zero attached hydrogens (tertiary/aromatic N) is 3. The van der Waals surface area contributed by atoms with Crippen molar-refractivity contribution in [2.45, 2.75) is 0 Å². The normalized spacial score (nSPS) is 11.9. The summed E-state index contributed by atoms with van der Waals surface area (Å²) in [4.78, 5) is 0. The van der Waals surface area contributed by atoms with Crippen LogP contribution in [0.25, 0.3) is 105 Å². The van der Waals surface area contributed by atoms with Crippen LogP contribution in [0.1, 0.15) is 0 Å². The molecule has 0 aliphatic heterocycles. The number of hydrogen-bond donors (Lipinski definition) is 0. The molecule has 266 valence electrons. The lowest BCUT2D eigenvalue weighted by Crippen LogP contribution is -1.98. The molecule has 3 aromatic heterocycles. The highest BCUT2D eigenvalue weighted by atomic mass is 15.0. The molecule has 0 N–H and O–H groups in total. The molecule has 12 aromatic rings. The van der Waals surface area contributed by atoms with Crippen LogP contribution >= 0.6 is 0 Å². The zero-order valence-corrected chi connectivity index (χ0v) is 31.0. The molecule has 12 rings (SSSR count). The summed E-state index contributed by atoms with van der Waals surface area (Å²) in [6, 6.07) is 77.4. The van der Waals surface area contributed by atoms with Crippen LogP contribution in [-0.2, 0) is 0 Å². The van der Waals surface area contributed by atoms with Crippen molar-refractivity contribution in [2.24, 2.45) is 0 Å². The first-order chi connectivity index (χ1) is 28.3. The van der Waals surface area contributed by atoms with Gasteiger partial charge < -0.3 is 13.7 Å². The van der Waals surface area contributed by atoms with Crippen molar-refractivity contribution >= 4 is 65.4 Å². The lowest BCUT2D eigenvalue weighted by atomic mass is 10.0. The molecule has 0 unspecified atom stereocenters. The Bertz CT molecular complexity index is 3490. The van der Waals surface area contributed by atoms with Crippen LogP contribution in [0.5, 0.6) is 0 Å². The first kappa shape index (κ1) is 31.7. The van der Waals surface area contributed by atoms with E-state index in [-0.39, 0.29) is 0 Å². The first-order valence-corrected chi connectivity index (χ1v) is 19.6. The van der Waals surface area contributed by atoms with E-state index >= 15 is 0 Å². The van der Waals surface area contributed by atoms with E-state index in [1.54, 1.807) is 0 Å². The van der Waals surface area contributed by atoms with Crippen LogP contribution in [0.3, 0.4) is 0 Å². The zero-order chi connectivity index (χ0) is 37.5. The monoisotopic (exact) mass is 725 g/mol. The average Bonchev–Trinajstić information content (AvgIpc) is 3.92. The molecule has 0 saturated carbocycles. The molecule has 0 aliphatic rings. The lowest BCUT2D eigenvalue weighted by molar-refractivity contribution is 1.17. The van der Waals surface area contributed by atoms with E-state index in [2.05, 4.69) is 226 Å². The molecular formula is C54H35N3. The van der Waals surface area contributed by atoms with Gasteiger partial charge in [0, 0.05) is 49.3 Å². The van der Waals surface area contributed by atoms with Crippen molar-refractivity contribution in [3.05, 3.63) is 212 Å². The molecule has 0 bridgehead atoms. The predicted octanol–water partition coefficient (Wildman–Crippen LogP) is 14.3. The van der Waals surface area contributed by atoms with Crippen molar-refractivity contribution in [1.82, 2.24) is 13.7 Å². The predicted molar refractivity (Wildman–Crippen MR) is 240 cm³/mol. The van der Waals surface area contributed by atoms with Gasteiger partial charge in [-0.05, 0) is 83.4 Å². The molecule has 0 saturated heterocycles. The van der Waals surface area contributed by atoms with Gasteiger partial charge in [-0.3, -0.25) is 0 Å². The Labute approximate surface area is 329 Å². The summed E-state index contributed by atoms with van der Waals surface area (Å²) in [6.45, 7) is 0. The summed E-state index contributed by atoms with van der Waals surface area (Å²) in [5, 5.41) is 7.48. The Hall–Kier alpha value is -7.62. The number of fused-ring (bicyclic) bond motifs is 10. The topological polar surface area (TPSA) is 14.8 Å². The fraction of sp³-hybridized carbons (Fsp3) is 0. The summed E-state index contributed by atoms with van der Waals surface area (Å²) in [6.07, 6.45) is 0. The number of rotatable bonds is 5. The smallest absolute Gasteiger partial charge is 0.0641 e. The minimum Gasteiger partial charge on any atom is -0.309 e. The van der Waals surface area contributed by atoms with Crippen molar-refractivity contribution < 1.29 is 0 Å². The molecule has 0 radical (unpaired) electrons. The summed E-state index contributed by atoms with van der Waals surface area (Å²) in [5.41, 5.74) is 15.5. The molecule has 0 atom stereocenters. The molecular weight excluding hydrogens is 691 g/mol. The largest absolute Gasteiger partial charge is 0.309 e. The number of hydrogen-bond acceptors (Lipinski definition) is 0. The van der Waals surface area contributed by atoms with Crippen molar-refractivity contribution in [1.29, 1.82) is 0 Å². The van der Waals surface area contributed by atoms with Crippen LogP contribution in [0.2, 0.25) is 0 Å². The van der Waals surface area contributed by atoms with Crippen LogP contribution in [0, 0.1) is 0 Å². The van der Waals surface area contributed by atoms with Crippen LogP contribution < -0.4 is 0 Å². The second-order valence-corrected chi connectivity index (χ2v) is 14.9. The second-order valence-electron chi connectivity index (χ2n) is 14.9. The van der Waals surface area contributed by atoms with Gasteiger partial charge in [-0.25, -0.2) is 0 Å². The molecule has 3 heteroatoms. The summed E-state index contributed by atoms with van der Waals surface area (Å²) in [7, 11) is 0. The van der Waals surface area contributed by atoms with Crippen molar-refractivity contribution in [3.8, 4) is 39.3 Å². The highest BCUT2D eigenvalue weighted by molar-refractivity contribution is 6.26. The van der Waals surface area contributed by atoms with E-state index in [9.17, 15) is 0 Å². The SMILES string of the molecule is c1ccc(-c2ccc(-n3c4ccccc4c4ccc5c(c6ccccc6n5-c5ccccc5-c5ccc6c(c5)c5ccccc5n6-c5ccccc5)c43)cc2)cc1. The Kier molecular flexibility index (Phi) is 6.93. The maximum absolute atomic E-state index is 2.48. The molecule has 57 heavy (non-hydrogen) atoms. The third-order valence-corrected chi connectivity index (χ3v) is 11.8. The minimum atomic E-state index is 1.15. The zero-order valence-electron chi connectivity index (χ0n) is 31.0. The molecule has 0 amide bonds. The summed E-state index contributed by atoms with van der Waals surface area (Å²) >= 11 is 0. The Morgan fingerprint density at radius 1 is 0.263 bits per heavy atom. The van der Waals surface area contributed by atoms with Gasteiger partial charge in [-0.15, -0.1) is 0 Å². The van der Waals surface area contributed by atoms with Crippen molar-refractivity contribution in [2.75, 3.05) is 0 Å². The summed E-state index contributed by atoms with van der Waals surface area (Å²) < 4.78 is 7.34. The molecule has 3 heterocycles. The van der Waals surface area contributed by atoms with Gasteiger partial charge in [0.2, 0.25) is 0 Å². The van der Waals surface area contributed by atoms with Gasteiger partial charge in [0.1, 0.15) is 0 Å². The fourth-order valence-corrected chi connectivity index (χ4v) is 9.38. The van der Waals surface area contributed by atoms with E-state index in [0.717, 1.165) is 17.1 Å². The summed E-state index contributed by atoms with van der Waals surface area (Å²) in [5.74, 6) is 0. The first-order valence-electron chi connectivity index (χ1n) is 19.6. The number of benzene rings is 9. The van der Waals surface area contributed by atoms with Gasteiger partial charge >= 0.3 is 0 Å². The minimum absolute atomic E-state index is 1.15. The highest BCUT2D eigenvalue weighted by Gasteiger charge is 2.22. The van der Waals surface area contributed by atoms with E-state index in [1.807, 2.05) is 0 Å². The molecule has 0 spiro atoms. The van der Waals surface area contributed by atoms with Gasteiger partial charge in [0.05, 0.1) is 38.8 Å². The van der Waals surface area contributed by atoms with Gasteiger partial charge in [0.15, 0.2) is 0 Å². The standard InChI is InChI=1S/C54H35N3/c1-3-15-36(16-4-1)37-27-30-40(31-28-37)56-49-25-13-8-20-42(49)44-32-34-52-53(54(44)56)45-22-10-14-26-50(45)57(52)47-23-11-7-19-41(47)38-29-33-51-46(35-38)43-21-9-12-24-48(43)55(51)39-17-5-2-6-18-39/h1-35H. The maximum Gasteiger partial charge on any atom is 0.0641 e. The van der Waals surface area contributed by atoms with Crippen molar-refractivity contribution in [3.63, 3.8) is 0 Å². The van der Waals surface area contributed by atoms with Gasteiger partial charge in [0.25, 0.3) is 0 Å². The number of aromatic nitrogens is 3. The van der Waals surface area contributed by atoms with E-state index in [1.165, 1.54) is 87.7 Å². The maximum atomic E-state index is 2.48. The molecule has 0 fully saturated rings. The Morgan fingerprint density at radius 3 is 1.53 bits per heavy atom. The number of para-hydroxylation sites is 5. The van der Waals surface area contributed by atoms with E-state index in [0.29, 0.717) is 0 Å². The second kappa shape index (κ2) is 12.5. The molecule has 9 aromatic carbocycles. The quantitative estimate of drug-likeness (QED) is 0.168. The molecule has 3 nitrogen and oxygen atoms in total. The highest BCUT2D eigenvalue weighted by Crippen LogP contribution is 2.44. The third-order valence-electron chi connectivity index (χ3n) is 11.8. The lowest BCUT2D eigenvalue weighted by Gasteiger charge is -2.15. The molecule has 0 aliphatic carbocycles. The van der Waals surface area contributed by atoms with E-state index < -0.39 is 0 Å². The van der Waals surface area contributed by atoms with Crippen LogP contribution in [-0.4, -0.2) is 13.7 Å². The Morgan fingerprint density at radius 2 is 0.772 bits per heavy atom. The Balaban J connectivity index is 1.11. The fourth-order valence-electron chi connectivity index (χ4n) is 9.38. The van der Waals surface area contributed by atoms with Gasteiger partial charge in [-0.1, -0.05) is 146 Å². The van der Waals surface area contributed by atoms with E-state index in [4.69, 9.17) is 0 Å². The van der Waals surface area contributed by atoms with Crippen LogP contribution in [0.4, 0.5) is 0 Å². The average molecular weight is 726 g/mol.